The average Bonchev–Trinajstić information content (AvgIpc) is 2.62. The summed E-state index contributed by atoms with van der Waals surface area (Å²) in [6.07, 6.45) is 0. The van der Waals surface area contributed by atoms with Gasteiger partial charge in [-0.25, -0.2) is 4.39 Å². The van der Waals surface area contributed by atoms with Gasteiger partial charge in [0.05, 0.1) is 5.56 Å². The van der Waals surface area contributed by atoms with Crippen LogP contribution in [0, 0.1) is 5.82 Å². The van der Waals surface area contributed by atoms with E-state index in [1.165, 1.54) is 48.5 Å². The van der Waals surface area contributed by atoms with Crippen LogP contribution in [0.15, 0.2) is 77.7 Å². The lowest BCUT2D eigenvalue weighted by atomic mass is 10.2. The van der Waals surface area contributed by atoms with Gasteiger partial charge in [-0.15, -0.1) is 0 Å². The van der Waals surface area contributed by atoms with Crippen LogP contribution in [0.5, 0.6) is 5.75 Å². The van der Waals surface area contributed by atoms with Crippen LogP contribution < -0.4 is 9.50 Å². The van der Waals surface area contributed by atoms with Crippen LogP contribution in [-0.4, -0.2) is 14.3 Å². The fraction of sp³-hybridized carbons (Fsp3) is 0. The number of carbonyl (C=O) groups excluding carboxylic acids is 1. The number of hydrogen-bond acceptors (Lipinski definition) is 4. The fourth-order valence-electron chi connectivity index (χ4n) is 2.27. The van der Waals surface area contributed by atoms with E-state index in [1.54, 1.807) is 18.2 Å². The van der Waals surface area contributed by atoms with Gasteiger partial charge in [-0.1, -0.05) is 35.9 Å². The third-order valence-corrected chi connectivity index (χ3v) is 4.99. The van der Waals surface area contributed by atoms with Gasteiger partial charge in [-0.2, -0.15) is 8.42 Å². The molecule has 0 fully saturated rings. The maximum atomic E-state index is 13.3. The number of benzene rings is 3. The summed E-state index contributed by atoms with van der Waals surface area (Å²) in [6, 6.07) is 16.8. The van der Waals surface area contributed by atoms with Gasteiger partial charge in [0.15, 0.2) is 5.75 Å². The van der Waals surface area contributed by atoms with Crippen molar-refractivity contribution >= 4 is 33.3 Å². The number of nitrogens with one attached hydrogen (secondary N) is 1. The molecule has 0 aromatic heterocycles. The van der Waals surface area contributed by atoms with Crippen molar-refractivity contribution in [3.8, 4) is 5.75 Å². The third-order valence-electron chi connectivity index (χ3n) is 3.50. The van der Waals surface area contributed by atoms with Crippen LogP contribution in [-0.2, 0) is 10.1 Å². The Bertz CT molecular complexity index is 1090. The average molecular weight is 406 g/mol. The number of amides is 1. The zero-order valence-corrected chi connectivity index (χ0v) is 15.3. The van der Waals surface area contributed by atoms with Crippen molar-refractivity contribution < 1.29 is 21.8 Å². The van der Waals surface area contributed by atoms with E-state index in [9.17, 15) is 17.6 Å². The number of anilines is 1. The number of hydrogen-bond donors (Lipinski definition) is 1. The molecule has 1 N–H and O–H groups in total. The first kappa shape index (κ1) is 18.9. The van der Waals surface area contributed by atoms with Crippen molar-refractivity contribution in [1.29, 1.82) is 0 Å². The zero-order chi connectivity index (χ0) is 19.4. The summed E-state index contributed by atoms with van der Waals surface area (Å²) in [7, 11) is -4.16. The van der Waals surface area contributed by atoms with Crippen molar-refractivity contribution in [1.82, 2.24) is 0 Å². The van der Waals surface area contributed by atoms with Gasteiger partial charge in [-0.3, -0.25) is 4.79 Å². The first-order chi connectivity index (χ1) is 12.8. The molecule has 0 aliphatic rings. The van der Waals surface area contributed by atoms with E-state index in [-0.39, 0.29) is 26.9 Å². The van der Waals surface area contributed by atoms with Crippen molar-refractivity contribution in [2.45, 2.75) is 4.90 Å². The van der Waals surface area contributed by atoms with Crippen molar-refractivity contribution in [3.05, 3.63) is 89.2 Å². The summed E-state index contributed by atoms with van der Waals surface area (Å²) < 4.78 is 43.3. The second kappa shape index (κ2) is 7.77. The maximum Gasteiger partial charge on any atom is 0.339 e. The summed E-state index contributed by atoms with van der Waals surface area (Å²) >= 11 is 5.92. The lowest BCUT2D eigenvalue weighted by molar-refractivity contribution is 0.102. The van der Waals surface area contributed by atoms with Gasteiger partial charge in [0.25, 0.3) is 5.91 Å². The topological polar surface area (TPSA) is 72.5 Å². The minimum absolute atomic E-state index is 0.0665. The lowest BCUT2D eigenvalue weighted by Crippen LogP contribution is -2.16. The van der Waals surface area contributed by atoms with Crippen LogP contribution in [0.2, 0.25) is 5.02 Å². The van der Waals surface area contributed by atoms with E-state index in [0.717, 1.165) is 6.07 Å². The SMILES string of the molecule is O=C(Nc1cccc(F)c1)c1ccc(Cl)cc1OS(=O)(=O)c1ccccc1. The van der Waals surface area contributed by atoms with Crippen LogP contribution in [0.3, 0.4) is 0 Å². The molecule has 0 radical (unpaired) electrons. The van der Waals surface area contributed by atoms with Gasteiger partial charge in [0, 0.05) is 16.8 Å². The van der Waals surface area contributed by atoms with Crippen molar-refractivity contribution in [2.75, 3.05) is 5.32 Å². The Hall–Kier alpha value is -2.90. The Morgan fingerprint density at radius 3 is 2.41 bits per heavy atom. The fourth-order valence-corrected chi connectivity index (χ4v) is 3.39. The van der Waals surface area contributed by atoms with E-state index < -0.39 is 21.8 Å². The molecule has 0 aliphatic heterocycles. The predicted octanol–water partition coefficient (Wildman–Crippen LogP) is 4.50. The quantitative estimate of drug-likeness (QED) is 0.634. The molecule has 0 aliphatic carbocycles. The van der Waals surface area contributed by atoms with E-state index in [4.69, 9.17) is 15.8 Å². The Labute approximate surface area is 160 Å². The highest BCUT2D eigenvalue weighted by Gasteiger charge is 2.21. The molecular formula is C19H13ClFNO4S. The van der Waals surface area contributed by atoms with Crippen molar-refractivity contribution in [3.63, 3.8) is 0 Å². The number of rotatable bonds is 5. The second-order valence-electron chi connectivity index (χ2n) is 5.46. The molecule has 0 spiro atoms. The first-order valence-electron chi connectivity index (χ1n) is 7.71. The van der Waals surface area contributed by atoms with Gasteiger partial charge >= 0.3 is 10.1 Å². The second-order valence-corrected chi connectivity index (χ2v) is 7.44. The first-order valence-corrected chi connectivity index (χ1v) is 9.50. The van der Waals surface area contributed by atoms with Gasteiger partial charge in [-0.05, 0) is 42.5 Å². The normalized spacial score (nSPS) is 11.0. The minimum Gasteiger partial charge on any atom is -0.378 e. The Kier molecular flexibility index (Phi) is 5.43. The van der Waals surface area contributed by atoms with Crippen LogP contribution in [0.4, 0.5) is 10.1 Å². The van der Waals surface area contributed by atoms with E-state index in [1.807, 2.05) is 0 Å². The molecule has 138 valence electrons. The number of carbonyl (C=O) groups is 1. The molecule has 0 saturated heterocycles. The molecule has 0 saturated carbocycles. The smallest absolute Gasteiger partial charge is 0.339 e. The van der Waals surface area contributed by atoms with Crippen LogP contribution >= 0.6 is 11.6 Å². The molecule has 3 rings (SSSR count). The van der Waals surface area contributed by atoms with Gasteiger partial charge < -0.3 is 9.50 Å². The monoisotopic (exact) mass is 405 g/mol. The maximum absolute atomic E-state index is 13.3. The van der Waals surface area contributed by atoms with Crippen LogP contribution in [0.25, 0.3) is 0 Å². The van der Waals surface area contributed by atoms with Gasteiger partial charge in [0.1, 0.15) is 10.7 Å². The van der Waals surface area contributed by atoms with Crippen molar-refractivity contribution in [2.24, 2.45) is 0 Å². The van der Waals surface area contributed by atoms with E-state index in [0.29, 0.717) is 0 Å². The lowest BCUT2D eigenvalue weighted by Gasteiger charge is -2.12. The van der Waals surface area contributed by atoms with E-state index >= 15 is 0 Å². The molecule has 0 bridgehead atoms. The molecule has 1 amide bonds. The zero-order valence-electron chi connectivity index (χ0n) is 13.7. The summed E-state index contributed by atoms with van der Waals surface area (Å²) in [6.45, 7) is 0. The Morgan fingerprint density at radius 2 is 1.70 bits per heavy atom. The summed E-state index contributed by atoms with van der Waals surface area (Å²) in [5.74, 6) is -1.43. The molecular weight excluding hydrogens is 393 g/mol. The standard InChI is InChI=1S/C19H13ClFNO4S/c20-13-9-10-17(19(23)22-15-6-4-5-14(21)12-15)18(11-13)26-27(24,25)16-7-2-1-3-8-16/h1-12H,(H,22,23). The number of halogens is 2. The molecule has 0 atom stereocenters. The molecule has 3 aromatic carbocycles. The highest BCUT2D eigenvalue weighted by atomic mass is 35.5. The molecule has 5 nitrogen and oxygen atoms in total. The highest BCUT2D eigenvalue weighted by molar-refractivity contribution is 7.87. The van der Waals surface area contributed by atoms with Crippen LogP contribution in [0.1, 0.15) is 10.4 Å². The summed E-state index contributed by atoms with van der Waals surface area (Å²) in [5.41, 5.74) is 0.148. The Morgan fingerprint density at radius 1 is 0.963 bits per heavy atom. The molecule has 27 heavy (non-hydrogen) atoms. The highest BCUT2D eigenvalue weighted by Crippen LogP contribution is 2.27. The minimum atomic E-state index is -4.16. The third kappa shape index (κ3) is 4.64. The molecule has 3 aromatic rings. The molecule has 0 unspecified atom stereocenters. The van der Waals surface area contributed by atoms with E-state index in [2.05, 4.69) is 5.32 Å². The predicted molar refractivity (Wildman–Crippen MR) is 100 cm³/mol. The Balaban J connectivity index is 1.92. The summed E-state index contributed by atoms with van der Waals surface area (Å²) in [4.78, 5) is 12.5. The molecule has 8 heteroatoms. The molecule has 0 heterocycles. The largest absolute Gasteiger partial charge is 0.378 e. The summed E-state index contributed by atoms with van der Waals surface area (Å²) in [5, 5.41) is 2.68. The van der Waals surface area contributed by atoms with Gasteiger partial charge in [0.2, 0.25) is 0 Å².